The van der Waals surface area contributed by atoms with E-state index in [2.05, 4.69) is 17.7 Å². The maximum Gasteiger partial charge on any atom is 0.258 e. The molecule has 0 aromatic rings. The Labute approximate surface area is 147 Å². The monoisotopic (exact) mass is 348 g/mol. The molecule has 0 aromatic heterocycles. The lowest BCUT2D eigenvalue weighted by molar-refractivity contribution is -0.128. The highest BCUT2D eigenvalue weighted by atomic mass is 32.2. The second kappa shape index (κ2) is 6.10. The van der Waals surface area contributed by atoms with Crippen LogP contribution >= 0.6 is 0 Å². The molecule has 4 nitrogen and oxygen atoms in total. The van der Waals surface area contributed by atoms with E-state index in [0.29, 0.717) is 12.5 Å². The molecular formula is C19H28N2O2S. The first-order valence-electron chi connectivity index (χ1n) is 9.09. The summed E-state index contributed by atoms with van der Waals surface area (Å²) < 4.78 is 9.97. The van der Waals surface area contributed by atoms with Gasteiger partial charge in [-0.25, -0.2) is 0 Å². The van der Waals surface area contributed by atoms with Crippen LogP contribution in [-0.2, 0) is 20.2 Å². The topological polar surface area (TPSA) is 41.9 Å². The van der Waals surface area contributed by atoms with E-state index in [1.807, 2.05) is 6.92 Å². The number of rotatable bonds is 5. The van der Waals surface area contributed by atoms with E-state index in [1.165, 1.54) is 19.3 Å². The van der Waals surface area contributed by atoms with Crippen molar-refractivity contribution in [2.24, 2.45) is 27.5 Å². The summed E-state index contributed by atoms with van der Waals surface area (Å²) in [5.41, 5.74) is 0.935. The van der Waals surface area contributed by atoms with Crippen LogP contribution in [0, 0.1) is 23.2 Å². The molecule has 0 spiro atoms. The van der Waals surface area contributed by atoms with Gasteiger partial charge in [0.05, 0.1) is 17.9 Å². The van der Waals surface area contributed by atoms with Gasteiger partial charge >= 0.3 is 0 Å². The zero-order valence-electron chi connectivity index (χ0n) is 14.8. The summed E-state index contributed by atoms with van der Waals surface area (Å²) in [5, 5.41) is 0. The summed E-state index contributed by atoms with van der Waals surface area (Å²) in [6.07, 6.45) is 8.25. The highest BCUT2D eigenvalue weighted by Gasteiger charge is 2.61. The van der Waals surface area contributed by atoms with Crippen LogP contribution in [0.4, 0.5) is 0 Å². The number of carbonyl (C=O) groups excluding carboxylic acids is 1. The summed E-state index contributed by atoms with van der Waals surface area (Å²) in [6.45, 7) is 7.66. The van der Waals surface area contributed by atoms with Crippen LogP contribution in [0.2, 0.25) is 0 Å². The van der Waals surface area contributed by atoms with E-state index in [0.717, 1.165) is 47.6 Å². The average molecular weight is 349 g/mol. The smallest absolute Gasteiger partial charge is 0.258 e. The predicted octanol–water partition coefficient (Wildman–Crippen LogP) is 3.48. The van der Waals surface area contributed by atoms with Crippen molar-refractivity contribution in [1.29, 1.82) is 0 Å². The molecule has 0 aromatic carbocycles. The highest BCUT2D eigenvalue weighted by Crippen LogP contribution is 2.65. The summed E-state index contributed by atoms with van der Waals surface area (Å²) in [6, 6.07) is 0. The number of allylic oxidation sites excluding steroid dienone is 1. The van der Waals surface area contributed by atoms with E-state index in [9.17, 15) is 4.79 Å². The first-order chi connectivity index (χ1) is 11.5. The molecule has 0 N–H and O–H groups in total. The van der Waals surface area contributed by atoms with Crippen LogP contribution < -0.4 is 0 Å². The number of ether oxygens (including phenoxy) is 1. The first kappa shape index (κ1) is 16.5. The molecule has 4 saturated carbocycles. The van der Waals surface area contributed by atoms with Crippen LogP contribution in [0.3, 0.4) is 0 Å². The quantitative estimate of drug-likeness (QED) is 0.764. The van der Waals surface area contributed by atoms with Crippen molar-refractivity contribution in [2.45, 2.75) is 39.0 Å². The van der Waals surface area contributed by atoms with Gasteiger partial charge in [0.2, 0.25) is 0 Å². The Bertz CT molecular complexity index is 625. The lowest BCUT2D eigenvalue weighted by Crippen LogP contribution is -2.32. The maximum absolute atomic E-state index is 13.2. The molecule has 5 heteroatoms. The van der Waals surface area contributed by atoms with Crippen molar-refractivity contribution in [3.05, 3.63) is 23.3 Å². The molecule has 0 saturated heterocycles. The minimum absolute atomic E-state index is 0.0965. The Morgan fingerprint density at radius 1 is 1.42 bits per heavy atom. The molecule has 3 unspecified atom stereocenters. The third-order valence-corrected chi connectivity index (χ3v) is 8.38. The van der Waals surface area contributed by atoms with Gasteiger partial charge in [0.15, 0.2) is 0 Å². The van der Waals surface area contributed by atoms with Gasteiger partial charge in [-0.05, 0) is 73.0 Å². The van der Waals surface area contributed by atoms with Gasteiger partial charge < -0.3 is 9.64 Å². The fourth-order valence-electron chi connectivity index (χ4n) is 5.55. The second-order valence-electron chi connectivity index (χ2n) is 8.17. The van der Waals surface area contributed by atoms with Crippen LogP contribution in [0.5, 0.6) is 0 Å². The normalized spacial score (nSPS) is 39.8. The molecule has 4 bridgehead atoms. The highest BCUT2D eigenvalue weighted by molar-refractivity contribution is 7.91. The van der Waals surface area contributed by atoms with Gasteiger partial charge in [0.1, 0.15) is 0 Å². The van der Waals surface area contributed by atoms with Crippen LogP contribution in [0.25, 0.3) is 0 Å². The Balaban J connectivity index is 1.55. The summed E-state index contributed by atoms with van der Waals surface area (Å²) >= 11 is 0. The Morgan fingerprint density at radius 2 is 2.12 bits per heavy atom. The van der Waals surface area contributed by atoms with Crippen molar-refractivity contribution in [3.8, 4) is 0 Å². The van der Waals surface area contributed by atoms with E-state index in [-0.39, 0.29) is 22.0 Å². The van der Waals surface area contributed by atoms with Crippen LogP contribution in [0.15, 0.2) is 27.6 Å². The molecular weight excluding hydrogens is 320 g/mol. The fourth-order valence-corrected chi connectivity index (χ4v) is 7.42. The van der Waals surface area contributed by atoms with Gasteiger partial charge in [-0.15, -0.1) is 0 Å². The zero-order chi connectivity index (χ0) is 16.9. The largest absolute Gasteiger partial charge is 0.383 e. The lowest BCUT2D eigenvalue weighted by Gasteiger charge is -2.29. The van der Waals surface area contributed by atoms with E-state index in [1.54, 1.807) is 7.11 Å². The Hall–Kier alpha value is -0.940. The number of carbonyl (C=O) groups is 1. The third kappa shape index (κ3) is 2.60. The molecule has 4 aliphatic carbocycles. The van der Waals surface area contributed by atoms with E-state index >= 15 is 0 Å². The number of hydrogen-bond donors (Lipinski definition) is 0. The molecule has 5 rings (SSSR count). The number of hydrogen-bond acceptors (Lipinski definition) is 3. The van der Waals surface area contributed by atoms with Gasteiger partial charge in [-0.2, -0.15) is 4.36 Å². The van der Waals surface area contributed by atoms with Gasteiger partial charge in [-0.1, -0.05) is 6.58 Å². The lowest BCUT2D eigenvalue weighted by atomic mass is 9.75. The van der Waals surface area contributed by atoms with Gasteiger partial charge in [0, 0.05) is 24.8 Å². The number of amides is 1. The Morgan fingerprint density at radius 3 is 2.75 bits per heavy atom. The van der Waals surface area contributed by atoms with E-state index < -0.39 is 0 Å². The molecule has 1 amide bonds. The van der Waals surface area contributed by atoms with Crippen molar-refractivity contribution >= 4 is 16.6 Å². The average Bonchev–Trinajstić information content (AvgIpc) is 3.13. The van der Waals surface area contributed by atoms with Crippen LogP contribution in [0.1, 0.15) is 39.0 Å². The maximum atomic E-state index is 13.2. The first-order valence-corrected chi connectivity index (χ1v) is 10.4. The molecule has 5 aliphatic rings. The van der Waals surface area contributed by atoms with E-state index in [4.69, 9.17) is 9.10 Å². The Kier molecular flexibility index (Phi) is 4.20. The zero-order valence-corrected chi connectivity index (χ0v) is 15.6. The summed E-state index contributed by atoms with van der Waals surface area (Å²) in [7, 11) is 1.36. The third-order valence-electron chi connectivity index (χ3n) is 6.45. The molecule has 3 atom stereocenters. The number of methoxy groups -OCH3 is 1. The minimum atomic E-state index is -0.359. The summed E-state index contributed by atoms with van der Waals surface area (Å²) in [5.74, 6) is 3.22. The summed E-state index contributed by atoms with van der Waals surface area (Å²) in [4.78, 5) is 16.6. The molecule has 24 heavy (non-hydrogen) atoms. The van der Waals surface area contributed by atoms with Crippen molar-refractivity contribution in [2.75, 3.05) is 26.1 Å². The van der Waals surface area contributed by atoms with Gasteiger partial charge in [0.25, 0.3) is 5.91 Å². The van der Waals surface area contributed by atoms with Crippen molar-refractivity contribution in [3.63, 3.8) is 0 Å². The molecule has 132 valence electrons. The standard InChI is InChI=1S/C19H28N2O2S/c1-13(2)17-11-21(4-5-23-3)12-24(17)20-18(22)19-9-14-6-15(10-19)8-16(19)7-14/h11,14-16H,1,4-10,12H2,2-3H3. The van der Waals surface area contributed by atoms with Crippen molar-refractivity contribution in [1.82, 2.24) is 4.90 Å². The number of nitrogens with zero attached hydrogens (tertiary/aromatic N) is 2. The SMILES string of the molecule is C=C(C)C1=CN(CCOC)C/S1=N\C(=O)C12CC3CC(CC1C3)C2. The molecule has 4 fully saturated rings. The fraction of sp³-hybridized carbons (Fsp3) is 0.737. The van der Waals surface area contributed by atoms with Crippen LogP contribution in [-0.4, -0.2) is 36.9 Å². The van der Waals surface area contributed by atoms with Crippen molar-refractivity contribution < 1.29 is 9.53 Å². The molecule has 0 radical (unpaired) electrons. The molecule has 1 heterocycles. The second-order valence-corrected chi connectivity index (χ2v) is 9.78. The minimum Gasteiger partial charge on any atom is -0.383 e. The molecule has 1 aliphatic heterocycles. The van der Waals surface area contributed by atoms with Gasteiger partial charge in [-0.3, -0.25) is 4.79 Å². The predicted molar refractivity (Wildman–Crippen MR) is 97.1 cm³/mol.